The number of esters is 1. The number of aromatic nitrogens is 4. The van der Waals surface area contributed by atoms with Crippen LogP contribution in [0, 0.1) is 10.1 Å². The van der Waals surface area contributed by atoms with E-state index in [0.717, 1.165) is 4.57 Å². The van der Waals surface area contributed by atoms with Crippen LogP contribution in [-0.2, 0) is 16.1 Å². The van der Waals surface area contributed by atoms with Crippen molar-refractivity contribution >= 4 is 22.7 Å². The second-order valence-electron chi connectivity index (χ2n) is 4.82. The van der Waals surface area contributed by atoms with Crippen LogP contribution in [0.4, 0.5) is 5.69 Å². The van der Waals surface area contributed by atoms with Crippen LogP contribution in [0.25, 0.3) is 16.7 Å². The summed E-state index contributed by atoms with van der Waals surface area (Å²) in [5, 5.41) is 15.0. The van der Waals surface area contributed by atoms with Gasteiger partial charge in [-0.05, 0) is 12.1 Å². The van der Waals surface area contributed by atoms with Crippen molar-refractivity contribution in [3.05, 3.63) is 57.3 Å². The number of ether oxygens (including phenoxy) is 1. The maximum atomic E-state index is 12.3. The molecule has 3 rings (SSSR count). The number of methoxy groups -OCH3 is 1. The van der Waals surface area contributed by atoms with Crippen molar-refractivity contribution in [2.45, 2.75) is 6.54 Å². The monoisotopic (exact) mass is 329 g/mol. The Morgan fingerprint density at radius 3 is 2.67 bits per heavy atom. The van der Waals surface area contributed by atoms with E-state index in [2.05, 4.69) is 14.8 Å². The normalized spacial score (nSPS) is 10.7. The quantitative estimate of drug-likeness (QED) is 0.391. The average molecular weight is 329 g/mol. The molecule has 0 amide bonds. The lowest BCUT2D eigenvalue weighted by atomic mass is 10.3. The Bertz CT molecular complexity index is 989. The minimum absolute atomic E-state index is 0.0522. The summed E-state index contributed by atoms with van der Waals surface area (Å²) in [6, 6.07) is 5.68. The Balaban J connectivity index is 2.05. The van der Waals surface area contributed by atoms with Crippen LogP contribution < -0.4 is 5.56 Å². The molecule has 0 N–H and O–H groups in total. The molecule has 2 heterocycles. The Morgan fingerprint density at radius 1 is 1.33 bits per heavy atom. The van der Waals surface area contributed by atoms with Gasteiger partial charge in [0.25, 0.3) is 11.2 Å². The van der Waals surface area contributed by atoms with Crippen molar-refractivity contribution in [1.82, 2.24) is 19.3 Å². The molecule has 10 nitrogen and oxygen atoms in total. The second-order valence-corrected chi connectivity index (χ2v) is 4.82. The first-order valence-corrected chi connectivity index (χ1v) is 6.76. The molecule has 0 aliphatic carbocycles. The number of fused-ring (bicyclic) bond motifs is 1. The van der Waals surface area contributed by atoms with Gasteiger partial charge < -0.3 is 4.74 Å². The largest absolute Gasteiger partial charge is 0.468 e. The van der Waals surface area contributed by atoms with Crippen LogP contribution in [-0.4, -0.2) is 37.3 Å². The van der Waals surface area contributed by atoms with Crippen LogP contribution in [0.2, 0.25) is 0 Å². The second kappa shape index (κ2) is 5.91. The number of carbonyl (C=O) groups excluding carboxylic acids is 1. The lowest BCUT2D eigenvalue weighted by molar-refractivity contribution is -0.384. The van der Waals surface area contributed by atoms with Gasteiger partial charge in [0.2, 0.25) is 0 Å². The summed E-state index contributed by atoms with van der Waals surface area (Å²) < 4.78 is 7.04. The highest BCUT2D eigenvalue weighted by atomic mass is 16.6. The lowest BCUT2D eigenvalue weighted by Gasteiger charge is -2.05. The van der Waals surface area contributed by atoms with Crippen LogP contribution in [0.5, 0.6) is 0 Å². The van der Waals surface area contributed by atoms with Crippen LogP contribution >= 0.6 is 0 Å². The summed E-state index contributed by atoms with van der Waals surface area (Å²) in [7, 11) is 1.23. The van der Waals surface area contributed by atoms with E-state index < -0.39 is 16.5 Å². The minimum Gasteiger partial charge on any atom is -0.468 e. The van der Waals surface area contributed by atoms with Crippen LogP contribution in [0.1, 0.15) is 0 Å². The maximum Gasteiger partial charge on any atom is 0.325 e. The Hall–Kier alpha value is -3.56. The number of benzene rings is 1. The van der Waals surface area contributed by atoms with Gasteiger partial charge in [-0.1, -0.05) is 0 Å². The third kappa shape index (κ3) is 2.60. The molecule has 0 spiro atoms. The smallest absolute Gasteiger partial charge is 0.325 e. The minimum atomic E-state index is -0.569. The first-order valence-electron chi connectivity index (χ1n) is 6.76. The first kappa shape index (κ1) is 15.3. The van der Waals surface area contributed by atoms with Crippen molar-refractivity contribution in [3.63, 3.8) is 0 Å². The zero-order valence-corrected chi connectivity index (χ0v) is 12.4. The number of hydrogen-bond donors (Lipinski definition) is 0. The van der Waals surface area contributed by atoms with E-state index in [1.165, 1.54) is 48.6 Å². The summed E-state index contributed by atoms with van der Waals surface area (Å²) in [6.07, 6.45) is 2.56. The summed E-state index contributed by atoms with van der Waals surface area (Å²) in [4.78, 5) is 38.0. The van der Waals surface area contributed by atoms with Crippen molar-refractivity contribution in [2.24, 2.45) is 0 Å². The average Bonchev–Trinajstić information content (AvgIpc) is 3.02. The molecule has 0 unspecified atom stereocenters. The van der Waals surface area contributed by atoms with E-state index in [-0.39, 0.29) is 23.3 Å². The molecule has 3 aromatic rings. The van der Waals surface area contributed by atoms with Gasteiger partial charge in [-0.2, -0.15) is 5.10 Å². The fourth-order valence-corrected chi connectivity index (χ4v) is 2.17. The molecule has 10 heteroatoms. The molecule has 0 bridgehead atoms. The molecule has 0 aliphatic rings. The van der Waals surface area contributed by atoms with E-state index >= 15 is 0 Å². The van der Waals surface area contributed by atoms with Crippen LogP contribution in [0.15, 0.2) is 41.6 Å². The molecule has 0 atom stereocenters. The van der Waals surface area contributed by atoms with E-state index in [4.69, 9.17) is 0 Å². The Labute approximate surface area is 134 Å². The molecule has 122 valence electrons. The zero-order valence-electron chi connectivity index (χ0n) is 12.4. The van der Waals surface area contributed by atoms with Gasteiger partial charge in [0.1, 0.15) is 18.3 Å². The number of nitro benzene ring substituents is 1. The molecule has 24 heavy (non-hydrogen) atoms. The SMILES string of the molecule is COC(=O)Cn1cnc2c(cnn2-c2ccc([N+](=O)[O-])cc2)c1=O. The summed E-state index contributed by atoms with van der Waals surface area (Å²) in [5.74, 6) is -0.569. The number of rotatable bonds is 4. The standard InChI is InChI=1S/C14H11N5O5/c1-24-12(20)7-17-8-15-13-11(14(17)21)6-16-18(13)9-2-4-10(5-3-9)19(22)23/h2-6,8H,7H2,1H3. The highest BCUT2D eigenvalue weighted by molar-refractivity contribution is 5.75. The fourth-order valence-electron chi connectivity index (χ4n) is 2.17. The zero-order chi connectivity index (χ0) is 17.3. The predicted octanol–water partition coefficient (Wildman–Crippen LogP) is 0.663. The van der Waals surface area contributed by atoms with Crippen molar-refractivity contribution < 1.29 is 14.5 Å². The fraction of sp³-hybridized carbons (Fsp3) is 0.143. The third-order valence-electron chi connectivity index (χ3n) is 3.39. The third-order valence-corrected chi connectivity index (χ3v) is 3.39. The van der Waals surface area contributed by atoms with Crippen molar-refractivity contribution in [3.8, 4) is 5.69 Å². The van der Waals surface area contributed by atoms with Gasteiger partial charge >= 0.3 is 5.97 Å². The number of non-ortho nitro benzene ring substituents is 1. The van der Waals surface area contributed by atoms with E-state index in [1.54, 1.807) is 0 Å². The molecule has 0 aliphatic heterocycles. The topological polar surface area (TPSA) is 122 Å². The van der Waals surface area contributed by atoms with Gasteiger partial charge in [-0.15, -0.1) is 0 Å². The van der Waals surface area contributed by atoms with Gasteiger partial charge in [-0.3, -0.25) is 24.3 Å². The van der Waals surface area contributed by atoms with E-state index in [9.17, 15) is 19.7 Å². The number of nitrogens with zero attached hydrogens (tertiary/aromatic N) is 5. The number of hydrogen-bond acceptors (Lipinski definition) is 7. The highest BCUT2D eigenvalue weighted by Gasteiger charge is 2.14. The summed E-state index contributed by atoms with van der Waals surface area (Å²) in [5.41, 5.74) is 0.324. The molecule has 2 aromatic heterocycles. The molecule has 0 fully saturated rings. The first-order chi connectivity index (χ1) is 11.5. The maximum absolute atomic E-state index is 12.3. The van der Waals surface area contributed by atoms with Gasteiger partial charge in [-0.25, -0.2) is 9.67 Å². The Kier molecular flexibility index (Phi) is 3.78. The highest BCUT2D eigenvalue weighted by Crippen LogP contribution is 2.17. The summed E-state index contributed by atoms with van der Waals surface area (Å²) >= 11 is 0. The Morgan fingerprint density at radius 2 is 2.04 bits per heavy atom. The number of carbonyl (C=O) groups is 1. The van der Waals surface area contributed by atoms with Crippen LogP contribution in [0.3, 0.4) is 0 Å². The van der Waals surface area contributed by atoms with Crippen molar-refractivity contribution in [1.29, 1.82) is 0 Å². The number of nitro groups is 1. The van der Waals surface area contributed by atoms with Crippen molar-refractivity contribution in [2.75, 3.05) is 7.11 Å². The molecule has 0 saturated heterocycles. The molecular weight excluding hydrogens is 318 g/mol. The summed E-state index contributed by atoms with van der Waals surface area (Å²) in [6.45, 7) is -0.249. The molecule has 1 aromatic carbocycles. The lowest BCUT2D eigenvalue weighted by Crippen LogP contribution is -2.25. The van der Waals surface area contributed by atoms with Gasteiger partial charge in [0, 0.05) is 12.1 Å². The van der Waals surface area contributed by atoms with Gasteiger partial charge in [0.05, 0.1) is 23.9 Å². The van der Waals surface area contributed by atoms with Gasteiger partial charge in [0.15, 0.2) is 5.65 Å². The molecular formula is C14H11N5O5. The molecule has 0 radical (unpaired) electrons. The van der Waals surface area contributed by atoms with E-state index in [1.807, 2.05) is 0 Å². The predicted molar refractivity (Wildman–Crippen MR) is 81.8 cm³/mol. The molecule has 0 saturated carbocycles. The van der Waals surface area contributed by atoms with E-state index in [0.29, 0.717) is 5.69 Å².